The third-order valence-electron chi connectivity index (χ3n) is 2.82. The molecular weight excluding hydrogens is 148 g/mol. The van der Waals surface area contributed by atoms with Crippen molar-refractivity contribution in [2.75, 3.05) is 6.61 Å². The Morgan fingerprint density at radius 1 is 1.25 bits per heavy atom. The molecule has 1 aliphatic carbocycles. The molecule has 1 atom stereocenters. The van der Waals surface area contributed by atoms with Crippen molar-refractivity contribution in [1.29, 1.82) is 0 Å². The Kier molecular flexibility index (Phi) is 2.83. The Balaban J connectivity index is 1.65. The zero-order valence-corrected chi connectivity index (χ0v) is 7.72. The maximum atomic E-state index is 5.17. The Morgan fingerprint density at radius 3 is 2.67 bits per heavy atom. The summed E-state index contributed by atoms with van der Waals surface area (Å²) in [7, 11) is 0. The van der Waals surface area contributed by atoms with Crippen LogP contribution in [0.2, 0.25) is 0 Å². The van der Waals surface area contributed by atoms with E-state index in [2.05, 4.69) is 6.08 Å². The number of rotatable bonds is 3. The SMILES string of the molecule is C(CCC1CO1)=C1CCCCC1. The molecule has 0 aromatic carbocycles. The number of hydrogen-bond donors (Lipinski definition) is 0. The lowest BCUT2D eigenvalue weighted by molar-refractivity contribution is 0.397. The van der Waals surface area contributed by atoms with Crippen molar-refractivity contribution in [3.05, 3.63) is 11.6 Å². The van der Waals surface area contributed by atoms with Gasteiger partial charge in [-0.05, 0) is 38.5 Å². The minimum atomic E-state index is 0.616. The summed E-state index contributed by atoms with van der Waals surface area (Å²) in [5, 5.41) is 0. The molecule has 1 aliphatic heterocycles. The van der Waals surface area contributed by atoms with E-state index in [-0.39, 0.29) is 0 Å². The second-order valence-electron chi connectivity index (χ2n) is 3.96. The quantitative estimate of drug-likeness (QED) is 0.463. The van der Waals surface area contributed by atoms with Crippen molar-refractivity contribution < 1.29 is 4.74 Å². The molecule has 0 radical (unpaired) electrons. The normalized spacial score (nSPS) is 28.7. The highest BCUT2D eigenvalue weighted by molar-refractivity contribution is 5.04. The van der Waals surface area contributed by atoms with E-state index in [0.29, 0.717) is 6.10 Å². The third kappa shape index (κ3) is 2.63. The van der Waals surface area contributed by atoms with Gasteiger partial charge in [-0.25, -0.2) is 0 Å². The fraction of sp³-hybridized carbons (Fsp3) is 0.818. The summed E-state index contributed by atoms with van der Waals surface area (Å²) in [6, 6.07) is 0. The van der Waals surface area contributed by atoms with Crippen LogP contribution in [-0.4, -0.2) is 12.7 Å². The number of ether oxygens (including phenoxy) is 1. The van der Waals surface area contributed by atoms with E-state index in [4.69, 9.17) is 4.74 Å². The van der Waals surface area contributed by atoms with Gasteiger partial charge in [-0.3, -0.25) is 0 Å². The molecule has 1 nitrogen and oxygen atoms in total. The molecule has 68 valence electrons. The van der Waals surface area contributed by atoms with Gasteiger partial charge in [0.05, 0.1) is 12.7 Å². The van der Waals surface area contributed by atoms with E-state index in [1.54, 1.807) is 5.57 Å². The summed E-state index contributed by atoms with van der Waals surface area (Å²) in [5.74, 6) is 0. The van der Waals surface area contributed by atoms with Crippen molar-refractivity contribution in [1.82, 2.24) is 0 Å². The number of epoxide rings is 1. The lowest BCUT2D eigenvalue weighted by Crippen LogP contribution is -1.93. The zero-order chi connectivity index (χ0) is 8.23. The smallest absolute Gasteiger partial charge is 0.0812 e. The second kappa shape index (κ2) is 4.08. The number of allylic oxidation sites excluding steroid dienone is 2. The highest BCUT2D eigenvalue weighted by Gasteiger charge is 2.20. The lowest BCUT2D eigenvalue weighted by atomic mass is 9.94. The van der Waals surface area contributed by atoms with Crippen LogP contribution in [0, 0.1) is 0 Å². The van der Waals surface area contributed by atoms with E-state index >= 15 is 0 Å². The van der Waals surface area contributed by atoms with Crippen molar-refractivity contribution >= 4 is 0 Å². The Morgan fingerprint density at radius 2 is 2.00 bits per heavy atom. The van der Waals surface area contributed by atoms with Crippen LogP contribution >= 0.6 is 0 Å². The van der Waals surface area contributed by atoms with Crippen molar-refractivity contribution in [2.45, 2.75) is 51.0 Å². The second-order valence-corrected chi connectivity index (χ2v) is 3.96. The standard InChI is InChI=1S/C11H18O/c1-2-5-10(6-3-1)7-4-8-11-9-12-11/h7,11H,1-6,8-9H2. The zero-order valence-electron chi connectivity index (χ0n) is 7.72. The van der Waals surface area contributed by atoms with Gasteiger partial charge >= 0.3 is 0 Å². The van der Waals surface area contributed by atoms with Crippen molar-refractivity contribution in [3.8, 4) is 0 Å². The van der Waals surface area contributed by atoms with Gasteiger partial charge in [0.2, 0.25) is 0 Å². The molecule has 1 saturated carbocycles. The van der Waals surface area contributed by atoms with Gasteiger partial charge in [-0.2, -0.15) is 0 Å². The third-order valence-corrected chi connectivity index (χ3v) is 2.82. The molecule has 1 unspecified atom stereocenters. The largest absolute Gasteiger partial charge is 0.373 e. The summed E-state index contributed by atoms with van der Waals surface area (Å²) in [6.07, 6.45) is 12.6. The average Bonchev–Trinajstić information content (AvgIpc) is 2.90. The maximum absolute atomic E-state index is 5.17. The molecule has 1 saturated heterocycles. The van der Waals surface area contributed by atoms with E-state index in [1.165, 1.54) is 44.9 Å². The molecule has 2 aliphatic rings. The molecule has 2 rings (SSSR count). The average molecular weight is 166 g/mol. The van der Waals surface area contributed by atoms with Crippen LogP contribution in [0.5, 0.6) is 0 Å². The minimum Gasteiger partial charge on any atom is -0.373 e. The first-order valence-corrected chi connectivity index (χ1v) is 5.24. The minimum absolute atomic E-state index is 0.616. The lowest BCUT2D eigenvalue weighted by Gasteiger charge is -2.12. The Labute approximate surface area is 74.8 Å². The predicted molar refractivity (Wildman–Crippen MR) is 50.1 cm³/mol. The van der Waals surface area contributed by atoms with Gasteiger partial charge in [-0.15, -0.1) is 0 Å². The van der Waals surface area contributed by atoms with Crippen molar-refractivity contribution in [2.24, 2.45) is 0 Å². The molecule has 0 aromatic heterocycles. The molecule has 0 spiro atoms. The summed E-state index contributed by atoms with van der Waals surface area (Å²) in [4.78, 5) is 0. The molecule has 0 aromatic rings. The van der Waals surface area contributed by atoms with Gasteiger partial charge in [0.1, 0.15) is 0 Å². The summed E-state index contributed by atoms with van der Waals surface area (Å²) >= 11 is 0. The molecular formula is C11H18O. The molecule has 1 heteroatoms. The first-order chi connectivity index (χ1) is 5.95. The molecule has 1 heterocycles. The monoisotopic (exact) mass is 166 g/mol. The van der Waals surface area contributed by atoms with Crippen LogP contribution in [0.15, 0.2) is 11.6 Å². The van der Waals surface area contributed by atoms with Gasteiger partial charge in [-0.1, -0.05) is 18.1 Å². The highest BCUT2D eigenvalue weighted by atomic mass is 16.6. The maximum Gasteiger partial charge on any atom is 0.0812 e. The summed E-state index contributed by atoms with van der Waals surface area (Å²) in [6.45, 7) is 1.02. The van der Waals surface area contributed by atoms with Crippen LogP contribution in [0.4, 0.5) is 0 Å². The van der Waals surface area contributed by atoms with E-state index in [1.807, 2.05) is 0 Å². The van der Waals surface area contributed by atoms with Crippen LogP contribution in [0.1, 0.15) is 44.9 Å². The summed E-state index contributed by atoms with van der Waals surface area (Å²) in [5.41, 5.74) is 1.71. The Hall–Kier alpha value is -0.300. The van der Waals surface area contributed by atoms with Crippen LogP contribution in [0.25, 0.3) is 0 Å². The molecule has 0 bridgehead atoms. The summed E-state index contributed by atoms with van der Waals surface area (Å²) < 4.78 is 5.17. The predicted octanol–water partition coefficient (Wildman–Crippen LogP) is 3.06. The highest BCUT2D eigenvalue weighted by Crippen LogP contribution is 2.24. The van der Waals surface area contributed by atoms with Crippen LogP contribution < -0.4 is 0 Å². The first kappa shape index (κ1) is 8.31. The molecule has 12 heavy (non-hydrogen) atoms. The van der Waals surface area contributed by atoms with Gasteiger partial charge in [0.15, 0.2) is 0 Å². The fourth-order valence-corrected chi connectivity index (χ4v) is 1.92. The van der Waals surface area contributed by atoms with E-state index in [9.17, 15) is 0 Å². The van der Waals surface area contributed by atoms with Gasteiger partial charge in [0, 0.05) is 0 Å². The molecule has 2 fully saturated rings. The number of hydrogen-bond acceptors (Lipinski definition) is 1. The molecule has 0 amide bonds. The van der Waals surface area contributed by atoms with Crippen LogP contribution in [-0.2, 0) is 4.74 Å². The van der Waals surface area contributed by atoms with E-state index in [0.717, 1.165) is 6.61 Å². The fourth-order valence-electron chi connectivity index (χ4n) is 1.92. The molecule has 0 N–H and O–H groups in total. The van der Waals surface area contributed by atoms with Gasteiger partial charge < -0.3 is 4.74 Å². The Bertz CT molecular complexity index is 160. The van der Waals surface area contributed by atoms with Crippen molar-refractivity contribution in [3.63, 3.8) is 0 Å². The van der Waals surface area contributed by atoms with Gasteiger partial charge in [0.25, 0.3) is 0 Å². The topological polar surface area (TPSA) is 12.5 Å². The van der Waals surface area contributed by atoms with Crippen LogP contribution in [0.3, 0.4) is 0 Å². The first-order valence-electron chi connectivity index (χ1n) is 5.24. The van der Waals surface area contributed by atoms with E-state index < -0.39 is 0 Å².